The molecule has 106 valence electrons. The smallest absolute Gasteiger partial charge is 0.161 e. The SMILES string of the molecule is c1ccc(C2CC(NCC3=NO[C@@H]4COC[C@H]34)C2)cc1. The van der Waals surface area contributed by atoms with Crippen molar-refractivity contribution in [2.75, 3.05) is 19.8 Å². The van der Waals surface area contributed by atoms with Gasteiger partial charge in [0.15, 0.2) is 6.10 Å². The fourth-order valence-corrected chi connectivity index (χ4v) is 3.35. The van der Waals surface area contributed by atoms with Crippen LogP contribution in [0.15, 0.2) is 35.5 Å². The third-order valence-electron chi connectivity index (χ3n) is 4.74. The van der Waals surface area contributed by atoms with Crippen molar-refractivity contribution in [3.63, 3.8) is 0 Å². The summed E-state index contributed by atoms with van der Waals surface area (Å²) in [4.78, 5) is 5.39. The summed E-state index contributed by atoms with van der Waals surface area (Å²) >= 11 is 0. The van der Waals surface area contributed by atoms with Gasteiger partial charge in [-0.1, -0.05) is 35.5 Å². The number of hydrogen-bond donors (Lipinski definition) is 1. The van der Waals surface area contributed by atoms with Gasteiger partial charge in [-0.05, 0) is 24.3 Å². The molecular formula is C16H20N2O2. The van der Waals surface area contributed by atoms with E-state index in [1.54, 1.807) is 0 Å². The Morgan fingerprint density at radius 1 is 1.15 bits per heavy atom. The zero-order valence-electron chi connectivity index (χ0n) is 11.5. The van der Waals surface area contributed by atoms with Crippen LogP contribution in [0.25, 0.3) is 0 Å². The van der Waals surface area contributed by atoms with Crippen LogP contribution in [0.4, 0.5) is 0 Å². The Bertz CT molecular complexity index is 496. The number of fused-ring (bicyclic) bond motifs is 1. The highest BCUT2D eigenvalue weighted by Crippen LogP contribution is 2.36. The number of ether oxygens (including phenoxy) is 1. The molecule has 1 N–H and O–H groups in total. The molecule has 1 saturated heterocycles. The number of hydrogen-bond acceptors (Lipinski definition) is 4. The minimum absolute atomic E-state index is 0.172. The van der Waals surface area contributed by atoms with Gasteiger partial charge in [-0.3, -0.25) is 0 Å². The molecule has 4 heteroatoms. The summed E-state index contributed by atoms with van der Waals surface area (Å²) in [6.45, 7) is 2.30. The summed E-state index contributed by atoms with van der Waals surface area (Å²) < 4.78 is 5.43. The van der Waals surface area contributed by atoms with Gasteiger partial charge in [0.25, 0.3) is 0 Å². The lowest BCUT2D eigenvalue weighted by Gasteiger charge is -2.36. The highest BCUT2D eigenvalue weighted by atomic mass is 16.7. The standard InChI is InChI=1S/C16H20N2O2/c1-2-4-11(5-3-1)12-6-13(7-12)17-8-15-14-9-19-10-16(14)20-18-15/h1-5,12-14,16-17H,6-10H2/t12?,13?,14-,16-/m1/s1. The fourth-order valence-electron chi connectivity index (χ4n) is 3.35. The molecule has 2 fully saturated rings. The van der Waals surface area contributed by atoms with Crippen molar-refractivity contribution in [3.8, 4) is 0 Å². The van der Waals surface area contributed by atoms with E-state index in [0.717, 1.165) is 24.8 Å². The predicted molar refractivity (Wildman–Crippen MR) is 76.8 cm³/mol. The molecule has 0 aromatic heterocycles. The minimum atomic E-state index is 0.172. The van der Waals surface area contributed by atoms with Crippen molar-refractivity contribution in [3.05, 3.63) is 35.9 Å². The molecule has 2 aliphatic heterocycles. The molecule has 4 nitrogen and oxygen atoms in total. The van der Waals surface area contributed by atoms with Crippen LogP contribution < -0.4 is 5.32 Å². The summed E-state index contributed by atoms with van der Waals surface area (Å²) in [6.07, 6.45) is 2.62. The Morgan fingerprint density at radius 2 is 2.00 bits per heavy atom. The molecule has 3 aliphatic rings. The molecule has 4 rings (SSSR count). The van der Waals surface area contributed by atoms with E-state index in [1.165, 1.54) is 18.4 Å². The maximum Gasteiger partial charge on any atom is 0.161 e. The number of oxime groups is 1. The highest BCUT2D eigenvalue weighted by Gasteiger charge is 2.39. The van der Waals surface area contributed by atoms with Crippen molar-refractivity contribution in [2.45, 2.75) is 30.9 Å². The van der Waals surface area contributed by atoms with Crippen LogP contribution in [0.1, 0.15) is 24.3 Å². The van der Waals surface area contributed by atoms with Crippen LogP contribution in [0.3, 0.4) is 0 Å². The van der Waals surface area contributed by atoms with E-state index in [-0.39, 0.29) is 6.10 Å². The summed E-state index contributed by atoms with van der Waals surface area (Å²) in [5.41, 5.74) is 2.60. The van der Waals surface area contributed by atoms with Gasteiger partial charge in [0.1, 0.15) is 0 Å². The Balaban J connectivity index is 1.25. The third-order valence-corrected chi connectivity index (χ3v) is 4.74. The van der Waals surface area contributed by atoms with Crippen molar-refractivity contribution < 1.29 is 9.57 Å². The molecule has 1 aromatic carbocycles. The summed E-state index contributed by atoms with van der Waals surface area (Å²) in [5, 5.41) is 7.81. The second-order valence-electron chi connectivity index (χ2n) is 6.03. The van der Waals surface area contributed by atoms with Crippen LogP contribution in [0, 0.1) is 5.92 Å². The largest absolute Gasteiger partial charge is 0.389 e. The topological polar surface area (TPSA) is 42.9 Å². The van der Waals surface area contributed by atoms with Crippen LogP contribution >= 0.6 is 0 Å². The first-order valence-corrected chi connectivity index (χ1v) is 7.49. The molecule has 0 bridgehead atoms. The average Bonchev–Trinajstić information content (AvgIpc) is 3.02. The van der Waals surface area contributed by atoms with Crippen LogP contribution in [0.2, 0.25) is 0 Å². The predicted octanol–water partition coefficient (Wildman–Crippen LogP) is 1.92. The first-order valence-electron chi connectivity index (χ1n) is 7.49. The van der Waals surface area contributed by atoms with Gasteiger partial charge in [-0.15, -0.1) is 0 Å². The van der Waals surface area contributed by atoms with Crippen LogP contribution in [-0.2, 0) is 9.57 Å². The van der Waals surface area contributed by atoms with Gasteiger partial charge in [-0.25, -0.2) is 0 Å². The fraction of sp³-hybridized carbons (Fsp3) is 0.562. The van der Waals surface area contributed by atoms with Gasteiger partial charge in [-0.2, -0.15) is 0 Å². The monoisotopic (exact) mass is 272 g/mol. The van der Waals surface area contributed by atoms with E-state index in [9.17, 15) is 0 Å². The number of nitrogens with zero attached hydrogens (tertiary/aromatic N) is 1. The second kappa shape index (κ2) is 5.19. The maximum absolute atomic E-state index is 5.43. The minimum Gasteiger partial charge on any atom is -0.389 e. The quantitative estimate of drug-likeness (QED) is 0.910. The van der Waals surface area contributed by atoms with Crippen LogP contribution in [0.5, 0.6) is 0 Å². The zero-order chi connectivity index (χ0) is 13.4. The first-order chi connectivity index (χ1) is 9.90. The molecule has 2 heterocycles. The lowest BCUT2D eigenvalue weighted by atomic mass is 9.76. The molecule has 0 radical (unpaired) electrons. The summed E-state index contributed by atoms with van der Waals surface area (Å²) in [5.74, 6) is 1.10. The molecular weight excluding hydrogens is 252 g/mol. The molecule has 1 aliphatic carbocycles. The Kier molecular flexibility index (Phi) is 3.20. The summed E-state index contributed by atoms with van der Waals surface area (Å²) in [7, 11) is 0. The molecule has 0 unspecified atom stereocenters. The van der Waals surface area contributed by atoms with Crippen molar-refractivity contribution in [1.82, 2.24) is 5.32 Å². The average molecular weight is 272 g/mol. The number of rotatable bonds is 4. The Hall–Kier alpha value is -1.39. The number of nitrogens with one attached hydrogen (secondary N) is 1. The van der Waals surface area contributed by atoms with Gasteiger partial charge < -0.3 is 14.9 Å². The molecule has 0 spiro atoms. The van der Waals surface area contributed by atoms with Crippen molar-refractivity contribution >= 4 is 5.71 Å². The van der Waals surface area contributed by atoms with E-state index in [1.807, 2.05) is 0 Å². The van der Waals surface area contributed by atoms with E-state index in [0.29, 0.717) is 18.6 Å². The molecule has 1 saturated carbocycles. The van der Waals surface area contributed by atoms with Crippen molar-refractivity contribution in [2.24, 2.45) is 11.1 Å². The molecule has 0 amide bonds. The van der Waals surface area contributed by atoms with Gasteiger partial charge in [0.2, 0.25) is 0 Å². The van der Waals surface area contributed by atoms with Gasteiger partial charge in [0.05, 0.1) is 24.8 Å². The highest BCUT2D eigenvalue weighted by molar-refractivity contribution is 5.90. The van der Waals surface area contributed by atoms with E-state index < -0.39 is 0 Å². The lowest BCUT2D eigenvalue weighted by molar-refractivity contribution is 0.0558. The third kappa shape index (κ3) is 2.23. The lowest BCUT2D eigenvalue weighted by Crippen LogP contribution is -2.43. The van der Waals surface area contributed by atoms with E-state index in [2.05, 4.69) is 40.8 Å². The van der Waals surface area contributed by atoms with Gasteiger partial charge >= 0.3 is 0 Å². The van der Waals surface area contributed by atoms with Gasteiger partial charge in [0, 0.05) is 12.6 Å². The van der Waals surface area contributed by atoms with Crippen molar-refractivity contribution in [1.29, 1.82) is 0 Å². The normalized spacial score (nSPS) is 35.1. The summed E-state index contributed by atoms with van der Waals surface area (Å²) in [6, 6.07) is 11.4. The first kappa shape index (κ1) is 12.4. The molecule has 2 atom stereocenters. The van der Waals surface area contributed by atoms with E-state index >= 15 is 0 Å². The van der Waals surface area contributed by atoms with Crippen LogP contribution in [-0.4, -0.2) is 37.6 Å². The zero-order valence-corrected chi connectivity index (χ0v) is 11.5. The maximum atomic E-state index is 5.43. The molecule has 20 heavy (non-hydrogen) atoms. The Labute approximate surface area is 119 Å². The Morgan fingerprint density at radius 3 is 2.85 bits per heavy atom. The van der Waals surface area contributed by atoms with E-state index in [4.69, 9.17) is 9.57 Å². The number of benzene rings is 1. The molecule has 1 aromatic rings. The second-order valence-corrected chi connectivity index (χ2v) is 6.03.